The summed E-state index contributed by atoms with van der Waals surface area (Å²) in [6.45, 7) is 3.85. The highest BCUT2D eigenvalue weighted by atomic mass is 16.4. The number of hydrogen-bond donors (Lipinski definition) is 8. The Morgan fingerprint density at radius 1 is 0.897 bits per heavy atom. The minimum atomic E-state index is -1.59. The van der Waals surface area contributed by atoms with E-state index in [1.165, 1.54) is 0 Å². The number of carboxylic acid groups (broad SMARTS) is 2. The lowest BCUT2D eigenvalue weighted by Gasteiger charge is -2.25. The van der Waals surface area contributed by atoms with Gasteiger partial charge >= 0.3 is 11.9 Å². The Balaban J connectivity index is 2.28. The van der Waals surface area contributed by atoms with E-state index in [1.807, 2.05) is 24.3 Å². The Morgan fingerprint density at radius 2 is 1.51 bits per heavy atom. The maximum absolute atomic E-state index is 13.4. The van der Waals surface area contributed by atoms with E-state index < -0.39 is 60.2 Å². The van der Waals surface area contributed by atoms with Gasteiger partial charge in [-0.1, -0.05) is 32.0 Å². The zero-order valence-electron chi connectivity index (χ0n) is 22.1. The fourth-order valence-corrected chi connectivity index (χ4v) is 3.98. The molecular weight excluding hydrogens is 508 g/mol. The Labute approximate surface area is 226 Å². The number of aliphatic carboxylic acids is 2. The molecule has 13 nitrogen and oxygen atoms in total. The number of carbonyl (C=O) groups is 5. The molecule has 0 aliphatic carbocycles. The summed E-state index contributed by atoms with van der Waals surface area (Å²) in [5, 5.41) is 26.9. The van der Waals surface area contributed by atoms with Crippen LogP contribution < -0.4 is 27.4 Å². The molecule has 4 unspecified atom stereocenters. The van der Waals surface area contributed by atoms with E-state index in [4.69, 9.17) is 11.5 Å². The van der Waals surface area contributed by atoms with Gasteiger partial charge in [0, 0.05) is 23.5 Å². The number of benzene rings is 1. The highest BCUT2D eigenvalue weighted by molar-refractivity contribution is 5.96. The van der Waals surface area contributed by atoms with Gasteiger partial charge in [0.25, 0.3) is 0 Å². The molecule has 39 heavy (non-hydrogen) atoms. The van der Waals surface area contributed by atoms with Crippen LogP contribution in [0.25, 0.3) is 10.9 Å². The molecule has 0 aliphatic rings. The summed E-state index contributed by atoms with van der Waals surface area (Å²) in [5.41, 5.74) is 12.9. The molecule has 0 saturated heterocycles. The van der Waals surface area contributed by atoms with Gasteiger partial charge in [-0.25, -0.2) is 4.79 Å². The third-order valence-electron chi connectivity index (χ3n) is 6.33. The van der Waals surface area contributed by atoms with E-state index in [9.17, 15) is 34.2 Å². The monoisotopic (exact) mass is 546 g/mol. The molecule has 10 N–H and O–H groups in total. The second-order valence-corrected chi connectivity index (χ2v) is 9.74. The van der Waals surface area contributed by atoms with Gasteiger partial charge in [0.15, 0.2) is 0 Å². The highest BCUT2D eigenvalue weighted by Gasteiger charge is 2.32. The molecule has 1 heterocycles. The summed E-state index contributed by atoms with van der Waals surface area (Å²) >= 11 is 0. The summed E-state index contributed by atoms with van der Waals surface area (Å²) < 4.78 is 0. The molecule has 0 saturated carbocycles. The molecular formula is C26H38N6O7. The zero-order chi connectivity index (χ0) is 29.1. The number of fused-ring (bicyclic) bond motifs is 1. The minimum Gasteiger partial charge on any atom is -0.481 e. The van der Waals surface area contributed by atoms with Crippen molar-refractivity contribution in [3.8, 4) is 0 Å². The number of aromatic nitrogens is 1. The Kier molecular flexibility index (Phi) is 11.9. The molecule has 0 fully saturated rings. The first-order valence-corrected chi connectivity index (χ1v) is 12.8. The number of para-hydroxylation sites is 1. The van der Waals surface area contributed by atoms with Crippen LogP contribution in [0.5, 0.6) is 0 Å². The number of aromatic amines is 1. The second kappa shape index (κ2) is 14.8. The van der Waals surface area contributed by atoms with Gasteiger partial charge in [0.1, 0.15) is 18.1 Å². The average Bonchev–Trinajstić information content (AvgIpc) is 3.29. The lowest BCUT2D eigenvalue weighted by atomic mass is 10.0. The Hall–Kier alpha value is -3.97. The van der Waals surface area contributed by atoms with Crippen molar-refractivity contribution in [2.45, 2.75) is 70.1 Å². The molecule has 2 rings (SSSR count). The van der Waals surface area contributed by atoms with E-state index in [2.05, 4.69) is 20.9 Å². The molecule has 0 bridgehead atoms. The van der Waals surface area contributed by atoms with Gasteiger partial charge in [-0.3, -0.25) is 19.2 Å². The van der Waals surface area contributed by atoms with Crippen LogP contribution in [-0.2, 0) is 30.4 Å². The van der Waals surface area contributed by atoms with Crippen LogP contribution in [0.15, 0.2) is 30.5 Å². The number of nitrogens with one attached hydrogen (secondary N) is 4. The average molecular weight is 547 g/mol. The van der Waals surface area contributed by atoms with Crippen molar-refractivity contribution in [1.29, 1.82) is 0 Å². The minimum absolute atomic E-state index is 0.0185. The third-order valence-corrected chi connectivity index (χ3v) is 6.33. The molecule has 4 atom stereocenters. The van der Waals surface area contributed by atoms with Crippen LogP contribution >= 0.6 is 0 Å². The molecule has 2 aromatic rings. The normalized spacial score (nSPS) is 14.3. The maximum atomic E-state index is 13.4. The van der Waals surface area contributed by atoms with Crippen LogP contribution in [0.3, 0.4) is 0 Å². The molecule has 214 valence electrons. The lowest BCUT2D eigenvalue weighted by Crippen LogP contribution is -2.58. The number of carbonyl (C=O) groups excluding carboxylic acids is 3. The van der Waals surface area contributed by atoms with Gasteiger partial charge in [-0.15, -0.1) is 0 Å². The summed E-state index contributed by atoms with van der Waals surface area (Å²) in [7, 11) is 0. The number of rotatable bonds is 16. The fourth-order valence-electron chi connectivity index (χ4n) is 3.98. The smallest absolute Gasteiger partial charge is 0.326 e. The number of hydrogen-bond acceptors (Lipinski definition) is 7. The number of nitrogens with two attached hydrogens (primary N) is 2. The van der Waals surface area contributed by atoms with Crippen molar-refractivity contribution in [2.75, 3.05) is 6.54 Å². The van der Waals surface area contributed by atoms with E-state index >= 15 is 0 Å². The Bertz CT molecular complexity index is 1160. The van der Waals surface area contributed by atoms with Crippen molar-refractivity contribution < 1.29 is 34.2 Å². The standard InChI is InChI=1S/C26H38N6O7/c1-14(2)22(28)25(37)32-19(11-15-13-29-17-8-4-3-7-16(15)17)23(35)31-20(12-21(33)34)24(36)30-18(26(38)39)9-5-6-10-27/h3-4,7-8,13-14,18-20,22,29H,5-6,9-12,27-28H2,1-2H3,(H,30,36)(H,31,35)(H,32,37)(H,33,34)(H,38,39). The fraction of sp³-hybridized carbons (Fsp3) is 0.500. The SMILES string of the molecule is CC(C)C(N)C(=O)NC(Cc1c[nH]c2ccccc12)C(=O)NC(CC(=O)O)C(=O)NC(CCCCN)C(=O)O. The summed E-state index contributed by atoms with van der Waals surface area (Å²) in [4.78, 5) is 65.2. The number of H-pyrrole nitrogens is 1. The van der Waals surface area contributed by atoms with Crippen molar-refractivity contribution >= 4 is 40.6 Å². The van der Waals surface area contributed by atoms with Crippen molar-refractivity contribution in [3.05, 3.63) is 36.0 Å². The molecule has 0 aliphatic heterocycles. The van der Waals surface area contributed by atoms with Crippen LogP contribution in [0.4, 0.5) is 0 Å². The third kappa shape index (κ3) is 9.37. The predicted octanol–water partition coefficient (Wildman–Crippen LogP) is -0.164. The van der Waals surface area contributed by atoms with Crippen LogP contribution in [0.2, 0.25) is 0 Å². The van der Waals surface area contributed by atoms with Gasteiger partial charge < -0.3 is 42.6 Å². The first-order valence-electron chi connectivity index (χ1n) is 12.8. The van der Waals surface area contributed by atoms with E-state index in [-0.39, 0.29) is 18.8 Å². The van der Waals surface area contributed by atoms with E-state index in [0.29, 0.717) is 24.9 Å². The van der Waals surface area contributed by atoms with Gasteiger partial charge in [0.05, 0.1) is 12.5 Å². The Morgan fingerprint density at radius 3 is 2.13 bits per heavy atom. The van der Waals surface area contributed by atoms with Crippen molar-refractivity contribution in [3.63, 3.8) is 0 Å². The first kappa shape index (κ1) is 31.2. The molecule has 1 aromatic heterocycles. The molecule has 0 radical (unpaired) electrons. The quantitative estimate of drug-likeness (QED) is 0.131. The first-order chi connectivity index (χ1) is 18.4. The second-order valence-electron chi connectivity index (χ2n) is 9.74. The zero-order valence-corrected chi connectivity index (χ0v) is 22.1. The number of amides is 3. The molecule has 0 spiro atoms. The van der Waals surface area contributed by atoms with Crippen molar-refractivity contribution in [1.82, 2.24) is 20.9 Å². The van der Waals surface area contributed by atoms with E-state index in [0.717, 1.165) is 10.9 Å². The molecule has 13 heteroatoms. The summed E-state index contributed by atoms with van der Waals surface area (Å²) in [6.07, 6.45) is 1.97. The summed E-state index contributed by atoms with van der Waals surface area (Å²) in [5.74, 6) is -5.28. The largest absolute Gasteiger partial charge is 0.481 e. The maximum Gasteiger partial charge on any atom is 0.326 e. The highest BCUT2D eigenvalue weighted by Crippen LogP contribution is 2.19. The van der Waals surface area contributed by atoms with Crippen LogP contribution in [0, 0.1) is 5.92 Å². The van der Waals surface area contributed by atoms with Gasteiger partial charge in [-0.2, -0.15) is 0 Å². The topological polar surface area (TPSA) is 230 Å². The lowest BCUT2D eigenvalue weighted by molar-refractivity contribution is -0.143. The van der Waals surface area contributed by atoms with E-state index in [1.54, 1.807) is 20.0 Å². The van der Waals surface area contributed by atoms with Gasteiger partial charge in [0.2, 0.25) is 17.7 Å². The number of carboxylic acids is 2. The van der Waals surface area contributed by atoms with Gasteiger partial charge in [-0.05, 0) is 43.4 Å². The summed E-state index contributed by atoms with van der Waals surface area (Å²) in [6, 6.07) is 2.36. The molecule has 1 aromatic carbocycles. The van der Waals surface area contributed by atoms with Crippen LogP contribution in [0.1, 0.15) is 45.1 Å². The predicted molar refractivity (Wildman–Crippen MR) is 143 cm³/mol. The number of unbranched alkanes of at least 4 members (excludes halogenated alkanes) is 1. The van der Waals surface area contributed by atoms with Crippen LogP contribution in [-0.4, -0.2) is 75.6 Å². The molecule has 3 amide bonds. The van der Waals surface area contributed by atoms with Crippen molar-refractivity contribution in [2.24, 2.45) is 17.4 Å².